The molecule has 0 aromatic carbocycles. The highest BCUT2D eigenvalue weighted by atomic mass is 16.2. The van der Waals surface area contributed by atoms with Crippen molar-refractivity contribution in [3.8, 4) is 0 Å². The normalized spacial score (nSPS) is 26.0. The highest BCUT2D eigenvalue weighted by Gasteiger charge is 2.51. The minimum atomic E-state index is 0.103. The van der Waals surface area contributed by atoms with Gasteiger partial charge in [0, 0.05) is 61.5 Å². The van der Waals surface area contributed by atoms with Crippen LogP contribution in [0.1, 0.15) is 52.9 Å². The van der Waals surface area contributed by atoms with Crippen molar-refractivity contribution in [2.45, 2.75) is 46.5 Å². The van der Waals surface area contributed by atoms with E-state index in [-0.39, 0.29) is 11.3 Å². The number of hydrogen-bond acceptors (Lipinski definition) is 5. The molecule has 7 nitrogen and oxygen atoms in total. The molecule has 5 rings (SSSR count). The summed E-state index contributed by atoms with van der Waals surface area (Å²) in [5.74, 6) is 2.63. The lowest BCUT2D eigenvalue weighted by Crippen LogP contribution is -2.36. The van der Waals surface area contributed by atoms with Crippen LogP contribution in [0.5, 0.6) is 0 Å². The molecule has 1 amide bonds. The Balaban J connectivity index is 1.37. The van der Waals surface area contributed by atoms with Crippen LogP contribution in [0.15, 0.2) is 6.20 Å². The maximum atomic E-state index is 13.1. The molecular formula is C22H30N6O. The van der Waals surface area contributed by atoms with E-state index in [0.717, 1.165) is 61.9 Å². The molecule has 2 aliphatic heterocycles. The highest BCUT2D eigenvalue weighted by Crippen LogP contribution is 2.45. The van der Waals surface area contributed by atoms with E-state index in [2.05, 4.69) is 16.9 Å². The van der Waals surface area contributed by atoms with Crippen molar-refractivity contribution < 1.29 is 4.79 Å². The number of hydrogen-bond donors (Lipinski definition) is 0. The molecule has 0 unspecified atom stereocenters. The van der Waals surface area contributed by atoms with E-state index in [1.54, 1.807) is 10.9 Å². The molecule has 0 saturated carbocycles. The molecule has 2 aromatic heterocycles. The predicted molar refractivity (Wildman–Crippen MR) is 111 cm³/mol. The Bertz CT molecular complexity index is 982. The Hall–Kier alpha value is -2.44. The first-order valence-electron chi connectivity index (χ1n) is 10.7. The van der Waals surface area contributed by atoms with Gasteiger partial charge in [-0.25, -0.2) is 9.97 Å². The molecule has 0 N–H and O–H groups in total. The average molecular weight is 395 g/mol. The minimum absolute atomic E-state index is 0.103. The van der Waals surface area contributed by atoms with Gasteiger partial charge in [-0.05, 0) is 39.5 Å². The quantitative estimate of drug-likeness (QED) is 0.782. The zero-order valence-electron chi connectivity index (χ0n) is 17.9. The number of carbonyl (C=O) groups excluding carboxylic acids is 1. The standard InChI is InChI=1S/C22H30N6O/c1-14-18(9-23-26(14)4)21(29)28-11-16-10-27(12-22(16,3)13-28)20-17-7-5-6-8-19(17)24-15(2)25-20/h9,16H,5-8,10-13H2,1-4H3/t16-,22+/m0/s1. The molecule has 3 aliphatic rings. The van der Waals surface area contributed by atoms with Crippen molar-refractivity contribution in [2.75, 3.05) is 31.1 Å². The van der Waals surface area contributed by atoms with Crippen LogP contribution in [-0.2, 0) is 19.9 Å². The van der Waals surface area contributed by atoms with Crippen LogP contribution < -0.4 is 4.90 Å². The van der Waals surface area contributed by atoms with Gasteiger partial charge in [-0.2, -0.15) is 5.10 Å². The van der Waals surface area contributed by atoms with Gasteiger partial charge in [-0.15, -0.1) is 0 Å². The van der Waals surface area contributed by atoms with Crippen molar-refractivity contribution in [3.05, 3.63) is 34.5 Å². The molecule has 2 aromatic rings. The number of rotatable bonds is 2. The van der Waals surface area contributed by atoms with Crippen LogP contribution in [-0.4, -0.2) is 56.7 Å². The summed E-state index contributed by atoms with van der Waals surface area (Å²) < 4.78 is 1.77. The second-order valence-electron chi connectivity index (χ2n) is 9.41. The first-order chi connectivity index (χ1) is 13.9. The number of carbonyl (C=O) groups is 1. The molecule has 0 bridgehead atoms. The lowest BCUT2D eigenvalue weighted by atomic mass is 9.83. The van der Waals surface area contributed by atoms with Crippen molar-refractivity contribution >= 4 is 11.7 Å². The third-order valence-corrected chi connectivity index (χ3v) is 7.30. The Morgan fingerprint density at radius 3 is 2.66 bits per heavy atom. The van der Waals surface area contributed by atoms with Crippen molar-refractivity contribution in [2.24, 2.45) is 18.4 Å². The van der Waals surface area contributed by atoms with Crippen molar-refractivity contribution in [1.82, 2.24) is 24.6 Å². The third kappa shape index (κ3) is 2.93. The van der Waals surface area contributed by atoms with Crippen LogP contribution in [0, 0.1) is 25.2 Å². The van der Waals surface area contributed by atoms with Crippen molar-refractivity contribution in [1.29, 1.82) is 0 Å². The number of amides is 1. The monoisotopic (exact) mass is 394 g/mol. The zero-order valence-corrected chi connectivity index (χ0v) is 17.9. The Kier molecular flexibility index (Phi) is 4.19. The summed E-state index contributed by atoms with van der Waals surface area (Å²) >= 11 is 0. The van der Waals surface area contributed by atoms with E-state index in [4.69, 9.17) is 9.97 Å². The lowest BCUT2D eigenvalue weighted by Gasteiger charge is -2.29. The third-order valence-electron chi connectivity index (χ3n) is 7.30. The zero-order chi connectivity index (χ0) is 20.3. The molecule has 154 valence electrons. The first-order valence-corrected chi connectivity index (χ1v) is 10.7. The topological polar surface area (TPSA) is 67.2 Å². The van der Waals surface area contributed by atoms with Gasteiger partial charge in [0.1, 0.15) is 11.6 Å². The predicted octanol–water partition coefficient (Wildman–Crippen LogP) is 2.30. The molecule has 7 heteroatoms. The molecule has 2 saturated heterocycles. The van der Waals surface area contributed by atoms with Gasteiger partial charge in [0.2, 0.25) is 0 Å². The molecule has 4 heterocycles. The Morgan fingerprint density at radius 2 is 1.93 bits per heavy atom. The summed E-state index contributed by atoms with van der Waals surface area (Å²) in [4.78, 5) is 27.2. The fraction of sp³-hybridized carbons (Fsp3) is 0.636. The summed E-state index contributed by atoms with van der Waals surface area (Å²) in [6.45, 7) is 9.84. The number of nitrogens with zero attached hydrogens (tertiary/aromatic N) is 6. The largest absolute Gasteiger partial charge is 0.355 e. The van der Waals surface area contributed by atoms with E-state index in [1.165, 1.54) is 24.1 Å². The fourth-order valence-corrected chi connectivity index (χ4v) is 5.49. The number of anilines is 1. The summed E-state index contributed by atoms with van der Waals surface area (Å²) in [6.07, 6.45) is 6.33. The first kappa shape index (κ1) is 18.6. The molecule has 29 heavy (non-hydrogen) atoms. The second-order valence-corrected chi connectivity index (χ2v) is 9.41. The fourth-order valence-electron chi connectivity index (χ4n) is 5.49. The smallest absolute Gasteiger partial charge is 0.257 e. The van der Waals surface area contributed by atoms with E-state index in [0.29, 0.717) is 5.92 Å². The van der Waals surface area contributed by atoms with E-state index in [1.807, 2.05) is 25.8 Å². The maximum absolute atomic E-state index is 13.1. The Labute approximate surface area is 172 Å². The van der Waals surface area contributed by atoms with Gasteiger partial charge in [-0.3, -0.25) is 9.48 Å². The SMILES string of the molecule is Cc1nc2c(c(N3C[C@H]4CN(C(=O)c5cnn(C)c5C)C[C@@]4(C)C3)n1)CCCC2. The number of aromatic nitrogens is 4. The summed E-state index contributed by atoms with van der Waals surface area (Å²) in [5, 5.41) is 4.25. The molecule has 0 spiro atoms. The van der Waals surface area contributed by atoms with Gasteiger partial charge in [0.15, 0.2) is 0 Å². The Morgan fingerprint density at radius 1 is 1.14 bits per heavy atom. The summed E-state index contributed by atoms with van der Waals surface area (Å²) in [6, 6.07) is 0. The summed E-state index contributed by atoms with van der Waals surface area (Å²) in [7, 11) is 1.88. The molecule has 2 fully saturated rings. The minimum Gasteiger partial charge on any atom is -0.355 e. The van der Waals surface area contributed by atoms with Gasteiger partial charge in [0.25, 0.3) is 5.91 Å². The van der Waals surface area contributed by atoms with Gasteiger partial charge < -0.3 is 9.80 Å². The molecule has 0 radical (unpaired) electrons. The van der Waals surface area contributed by atoms with Crippen LogP contribution >= 0.6 is 0 Å². The van der Waals surface area contributed by atoms with Crippen LogP contribution in [0.3, 0.4) is 0 Å². The van der Waals surface area contributed by atoms with Crippen LogP contribution in [0.2, 0.25) is 0 Å². The second kappa shape index (κ2) is 6.54. The number of aryl methyl sites for hydroxylation is 3. The van der Waals surface area contributed by atoms with Gasteiger partial charge >= 0.3 is 0 Å². The van der Waals surface area contributed by atoms with Crippen LogP contribution in [0.4, 0.5) is 5.82 Å². The van der Waals surface area contributed by atoms with Crippen molar-refractivity contribution in [3.63, 3.8) is 0 Å². The molecular weight excluding hydrogens is 364 g/mol. The summed E-state index contributed by atoms with van der Waals surface area (Å²) in [5.41, 5.74) is 4.39. The van der Waals surface area contributed by atoms with E-state index in [9.17, 15) is 4.79 Å². The maximum Gasteiger partial charge on any atom is 0.257 e. The molecule has 1 aliphatic carbocycles. The van der Waals surface area contributed by atoms with E-state index >= 15 is 0 Å². The van der Waals surface area contributed by atoms with Gasteiger partial charge in [-0.1, -0.05) is 6.92 Å². The number of fused-ring (bicyclic) bond motifs is 2. The molecule has 2 atom stereocenters. The van der Waals surface area contributed by atoms with E-state index < -0.39 is 0 Å². The lowest BCUT2D eigenvalue weighted by molar-refractivity contribution is 0.0773. The average Bonchev–Trinajstić information content (AvgIpc) is 3.30. The van der Waals surface area contributed by atoms with Gasteiger partial charge in [0.05, 0.1) is 11.8 Å². The highest BCUT2D eigenvalue weighted by molar-refractivity contribution is 5.95. The number of likely N-dealkylation sites (tertiary alicyclic amines) is 1. The van der Waals surface area contributed by atoms with Crippen LogP contribution in [0.25, 0.3) is 0 Å².